The Morgan fingerprint density at radius 2 is 2.28 bits per heavy atom. The lowest BCUT2D eigenvalue weighted by Crippen LogP contribution is -2.39. The molecule has 1 N–H and O–H groups in total. The Morgan fingerprint density at radius 3 is 2.83 bits per heavy atom. The van der Waals surface area contributed by atoms with Crippen molar-refractivity contribution < 1.29 is 14.6 Å². The van der Waals surface area contributed by atoms with Crippen molar-refractivity contribution in [3.8, 4) is 5.75 Å². The maximum absolute atomic E-state index is 10.9. The van der Waals surface area contributed by atoms with E-state index in [-0.39, 0.29) is 12.5 Å². The lowest BCUT2D eigenvalue weighted by molar-refractivity contribution is -0.137. The number of anilines is 1. The van der Waals surface area contributed by atoms with Crippen LogP contribution in [0, 0.1) is 0 Å². The van der Waals surface area contributed by atoms with Crippen LogP contribution in [0.2, 0.25) is 0 Å². The standard InChI is InChI=1S/C14H19NO3/c1-9(2)15-11(8-14(16)17)6-10-7-12(18-3)4-5-13(10)15/h4-5,7,9,11H,6,8H2,1-3H3,(H,16,17). The Bertz CT molecular complexity index is 456. The lowest BCUT2D eigenvalue weighted by atomic mass is 10.1. The average Bonchev–Trinajstić information content (AvgIpc) is 2.64. The predicted octanol–water partition coefficient (Wildman–Crippen LogP) is 2.31. The number of ether oxygens (including phenoxy) is 1. The van der Waals surface area contributed by atoms with E-state index in [1.165, 1.54) is 5.56 Å². The second kappa shape index (κ2) is 4.88. The van der Waals surface area contributed by atoms with E-state index < -0.39 is 5.97 Å². The number of carboxylic acid groups (broad SMARTS) is 1. The predicted molar refractivity (Wildman–Crippen MR) is 70.4 cm³/mol. The van der Waals surface area contributed by atoms with Crippen LogP contribution in [0.4, 0.5) is 5.69 Å². The van der Waals surface area contributed by atoms with E-state index in [1.807, 2.05) is 18.2 Å². The van der Waals surface area contributed by atoms with Crippen molar-refractivity contribution in [2.24, 2.45) is 0 Å². The van der Waals surface area contributed by atoms with Gasteiger partial charge in [0.25, 0.3) is 0 Å². The average molecular weight is 249 g/mol. The zero-order valence-corrected chi connectivity index (χ0v) is 11.0. The van der Waals surface area contributed by atoms with Crippen LogP contribution in [0.15, 0.2) is 18.2 Å². The van der Waals surface area contributed by atoms with E-state index in [0.717, 1.165) is 17.9 Å². The van der Waals surface area contributed by atoms with Crippen LogP contribution in [0.25, 0.3) is 0 Å². The molecule has 0 amide bonds. The minimum absolute atomic E-state index is 0.0459. The summed E-state index contributed by atoms with van der Waals surface area (Å²) >= 11 is 0. The second-order valence-corrected chi connectivity index (χ2v) is 4.95. The highest BCUT2D eigenvalue weighted by Crippen LogP contribution is 2.37. The maximum Gasteiger partial charge on any atom is 0.305 e. The van der Waals surface area contributed by atoms with Gasteiger partial charge >= 0.3 is 5.97 Å². The van der Waals surface area contributed by atoms with Gasteiger partial charge in [0.2, 0.25) is 0 Å². The molecule has 0 saturated heterocycles. The number of fused-ring (bicyclic) bond motifs is 1. The Morgan fingerprint density at radius 1 is 1.56 bits per heavy atom. The van der Waals surface area contributed by atoms with Crippen molar-refractivity contribution in [1.29, 1.82) is 0 Å². The van der Waals surface area contributed by atoms with Crippen LogP contribution in [0.3, 0.4) is 0 Å². The lowest BCUT2D eigenvalue weighted by Gasteiger charge is -2.30. The summed E-state index contributed by atoms with van der Waals surface area (Å²) in [5, 5.41) is 9.00. The van der Waals surface area contributed by atoms with E-state index in [2.05, 4.69) is 18.7 Å². The normalized spacial score (nSPS) is 18.0. The highest BCUT2D eigenvalue weighted by atomic mass is 16.5. The fourth-order valence-corrected chi connectivity index (χ4v) is 2.73. The fraction of sp³-hybridized carbons (Fsp3) is 0.500. The van der Waals surface area contributed by atoms with Gasteiger partial charge in [0, 0.05) is 17.8 Å². The van der Waals surface area contributed by atoms with Crippen LogP contribution < -0.4 is 9.64 Å². The fourth-order valence-electron chi connectivity index (χ4n) is 2.73. The zero-order valence-electron chi connectivity index (χ0n) is 11.0. The first kappa shape index (κ1) is 12.7. The van der Waals surface area contributed by atoms with Gasteiger partial charge in [0.15, 0.2) is 0 Å². The van der Waals surface area contributed by atoms with Crippen LogP contribution in [0.1, 0.15) is 25.8 Å². The van der Waals surface area contributed by atoms with E-state index in [4.69, 9.17) is 9.84 Å². The van der Waals surface area contributed by atoms with Crippen molar-refractivity contribution in [1.82, 2.24) is 0 Å². The molecule has 2 rings (SSSR count). The second-order valence-electron chi connectivity index (χ2n) is 4.95. The SMILES string of the molecule is COc1ccc2c(c1)CC(CC(=O)O)N2C(C)C. The third kappa shape index (κ3) is 2.28. The molecule has 1 atom stereocenters. The molecule has 1 unspecified atom stereocenters. The molecule has 0 aliphatic carbocycles. The number of carbonyl (C=O) groups is 1. The van der Waals surface area contributed by atoms with Gasteiger partial charge in [0.05, 0.1) is 13.5 Å². The van der Waals surface area contributed by atoms with Gasteiger partial charge in [-0.1, -0.05) is 0 Å². The van der Waals surface area contributed by atoms with Crippen LogP contribution in [0.5, 0.6) is 5.75 Å². The van der Waals surface area contributed by atoms with Gasteiger partial charge < -0.3 is 14.7 Å². The van der Waals surface area contributed by atoms with Gasteiger partial charge in [0.1, 0.15) is 5.75 Å². The molecular weight excluding hydrogens is 230 g/mol. The molecule has 1 aliphatic heterocycles. The van der Waals surface area contributed by atoms with Gasteiger partial charge in [-0.05, 0) is 44.0 Å². The quantitative estimate of drug-likeness (QED) is 0.889. The monoisotopic (exact) mass is 249 g/mol. The van der Waals surface area contributed by atoms with Crippen molar-refractivity contribution in [3.05, 3.63) is 23.8 Å². The number of rotatable bonds is 4. The molecule has 1 aromatic carbocycles. The first-order valence-electron chi connectivity index (χ1n) is 6.20. The van der Waals surface area contributed by atoms with Crippen molar-refractivity contribution in [3.63, 3.8) is 0 Å². The van der Waals surface area contributed by atoms with Crippen molar-refractivity contribution in [2.75, 3.05) is 12.0 Å². The third-order valence-electron chi connectivity index (χ3n) is 3.38. The van der Waals surface area contributed by atoms with Gasteiger partial charge in [-0.3, -0.25) is 4.79 Å². The zero-order chi connectivity index (χ0) is 13.3. The molecule has 1 heterocycles. The smallest absolute Gasteiger partial charge is 0.305 e. The number of hydrogen-bond donors (Lipinski definition) is 1. The molecule has 0 spiro atoms. The molecule has 18 heavy (non-hydrogen) atoms. The van der Waals surface area contributed by atoms with Gasteiger partial charge in [-0.2, -0.15) is 0 Å². The highest BCUT2D eigenvalue weighted by Gasteiger charge is 2.32. The van der Waals surface area contributed by atoms with E-state index in [1.54, 1.807) is 7.11 Å². The summed E-state index contributed by atoms with van der Waals surface area (Å²) in [5.41, 5.74) is 2.31. The molecule has 0 bridgehead atoms. The molecule has 0 radical (unpaired) electrons. The largest absolute Gasteiger partial charge is 0.497 e. The Labute approximate surface area is 107 Å². The number of carboxylic acids is 1. The molecule has 1 aliphatic rings. The van der Waals surface area contributed by atoms with Gasteiger partial charge in [-0.15, -0.1) is 0 Å². The van der Waals surface area contributed by atoms with E-state index >= 15 is 0 Å². The minimum Gasteiger partial charge on any atom is -0.497 e. The molecule has 4 heteroatoms. The Balaban J connectivity index is 2.33. The summed E-state index contributed by atoms with van der Waals surface area (Å²) in [6, 6.07) is 6.30. The maximum atomic E-state index is 10.9. The molecule has 0 fully saturated rings. The summed E-state index contributed by atoms with van der Waals surface area (Å²) in [6.45, 7) is 4.18. The molecular formula is C14H19NO3. The molecule has 0 aromatic heterocycles. The summed E-state index contributed by atoms with van der Waals surface area (Å²) in [5.74, 6) is 0.0823. The van der Waals surface area contributed by atoms with Crippen LogP contribution >= 0.6 is 0 Å². The first-order valence-corrected chi connectivity index (χ1v) is 6.20. The first-order chi connectivity index (χ1) is 8.52. The Kier molecular flexibility index (Phi) is 3.45. The van der Waals surface area contributed by atoms with E-state index in [0.29, 0.717) is 6.04 Å². The highest BCUT2D eigenvalue weighted by molar-refractivity contribution is 5.71. The molecule has 4 nitrogen and oxygen atoms in total. The summed E-state index contributed by atoms with van der Waals surface area (Å²) < 4.78 is 5.22. The molecule has 1 aromatic rings. The number of benzene rings is 1. The van der Waals surface area contributed by atoms with Crippen molar-refractivity contribution in [2.45, 2.75) is 38.8 Å². The summed E-state index contributed by atoms with van der Waals surface area (Å²) in [4.78, 5) is 13.1. The van der Waals surface area contributed by atoms with Crippen LogP contribution in [-0.2, 0) is 11.2 Å². The number of methoxy groups -OCH3 is 1. The summed E-state index contributed by atoms with van der Waals surface area (Å²) in [6.07, 6.45) is 0.951. The number of hydrogen-bond acceptors (Lipinski definition) is 3. The topological polar surface area (TPSA) is 49.8 Å². The molecule has 98 valence electrons. The van der Waals surface area contributed by atoms with E-state index in [9.17, 15) is 4.79 Å². The minimum atomic E-state index is -0.745. The van der Waals surface area contributed by atoms with Crippen LogP contribution in [-0.4, -0.2) is 30.3 Å². The number of nitrogens with zero attached hydrogens (tertiary/aromatic N) is 1. The Hall–Kier alpha value is -1.71. The number of aliphatic carboxylic acids is 1. The molecule has 0 saturated carbocycles. The van der Waals surface area contributed by atoms with Gasteiger partial charge in [-0.25, -0.2) is 0 Å². The van der Waals surface area contributed by atoms with Crippen molar-refractivity contribution >= 4 is 11.7 Å². The summed E-state index contributed by atoms with van der Waals surface area (Å²) in [7, 11) is 1.64. The third-order valence-corrected chi connectivity index (χ3v) is 3.38.